The van der Waals surface area contributed by atoms with Gasteiger partial charge >= 0.3 is 65.1 Å². The monoisotopic (exact) mass is 182 g/mol. The van der Waals surface area contributed by atoms with Crippen molar-refractivity contribution in [3.8, 4) is 0 Å². The fraction of sp³-hybridized carbons (Fsp3) is 0. The molecule has 0 saturated carbocycles. The molecule has 0 rings (SSSR count). The molecule has 0 saturated heterocycles. The fourth-order valence-electron chi connectivity index (χ4n) is 0. The van der Waals surface area contributed by atoms with Crippen molar-refractivity contribution in [2.75, 3.05) is 0 Å². The van der Waals surface area contributed by atoms with Crippen molar-refractivity contribution >= 4 is 23.3 Å². The minimum atomic E-state index is -4.29. The van der Waals surface area contributed by atoms with Crippen LogP contribution in [-0.4, -0.2) is 25.2 Å². The Morgan fingerprint density at radius 3 is 1.33 bits per heavy atom. The Morgan fingerprint density at radius 2 is 1.33 bits per heavy atom. The Morgan fingerprint density at radius 1 is 1.33 bits per heavy atom. The summed E-state index contributed by atoms with van der Waals surface area (Å²) in [5, 5.41) is 0. The first kappa shape index (κ1) is 10.6. The first-order valence-electron chi connectivity index (χ1n) is 0.783. The first-order valence-corrected chi connectivity index (χ1v) is 5.96. The van der Waals surface area contributed by atoms with Gasteiger partial charge in [0.05, 0.1) is 0 Å². The van der Waals surface area contributed by atoms with E-state index in [1.165, 1.54) is 0 Å². The molecule has 0 radical (unpaired) electrons. The summed E-state index contributed by atoms with van der Waals surface area (Å²) in [6.45, 7) is 0. The topological polar surface area (TPSA) is 60.7 Å². The number of hydrogen-bond donors (Lipinski definition) is 3. The van der Waals surface area contributed by atoms with Crippen LogP contribution in [0.25, 0.3) is 0 Å². The molecule has 6 heteroatoms. The van der Waals surface area contributed by atoms with E-state index in [2.05, 4.69) is 10.4 Å². The quantitative estimate of drug-likeness (QED) is 0.332. The van der Waals surface area contributed by atoms with E-state index in [0.717, 1.165) is 0 Å². The van der Waals surface area contributed by atoms with Gasteiger partial charge in [0.1, 0.15) is 0 Å². The zero-order valence-corrected chi connectivity index (χ0v) is 7.89. The van der Waals surface area contributed by atoms with Crippen LogP contribution >= 0.6 is 10.4 Å². The van der Waals surface area contributed by atoms with Crippen LogP contribution in [0, 0.1) is 0 Å². The van der Waals surface area contributed by atoms with Gasteiger partial charge in [0.2, 0.25) is 0 Å². The normalized spacial score (nSPS) is 9.83. The molecule has 0 bridgehead atoms. The molecule has 6 heavy (non-hydrogen) atoms. The van der Waals surface area contributed by atoms with Crippen LogP contribution in [0.2, 0.25) is 0 Å². The van der Waals surface area contributed by atoms with Gasteiger partial charge in [-0.3, -0.25) is 0 Å². The maximum Gasteiger partial charge on any atom is 1.00 e. The summed E-state index contributed by atoms with van der Waals surface area (Å²) in [5.41, 5.74) is 0. The van der Waals surface area contributed by atoms with Gasteiger partial charge in [-0.15, -0.1) is 0 Å². The second kappa shape index (κ2) is 3.63. The van der Waals surface area contributed by atoms with Gasteiger partial charge in [-0.2, -0.15) is 0 Å². The Kier molecular flexibility index (Phi) is 6.42. The van der Waals surface area contributed by atoms with Gasteiger partial charge in [-0.1, -0.05) is 0 Å². The summed E-state index contributed by atoms with van der Waals surface area (Å²) in [7, 11) is 3.66. The van der Waals surface area contributed by atoms with Crippen molar-refractivity contribution in [1.82, 2.24) is 0 Å². The van der Waals surface area contributed by atoms with E-state index in [0.29, 0.717) is 0 Å². The van der Waals surface area contributed by atoms with Gasteiger partial charge in [0.15, 0.2) is 0 Å². The van der Waals surface area contributed by atoms with E-state index in [1.807, 2.05) is 0 Å². The molecule has 0 unspecified atom stereocenters. The van der Waals surface area contributed by atoms with Crippen LogP contribution in [0.15, 0.2) is 0 Å². The van der Waals surface area contributed by atoms with E-state index in [1.54, 1.807) is 0 Å². The van der Waals surface area contributed by atoms with Crippen LogP contribution in [0.1, 0.15) is 1.43 Å². The number of hydrogen-bond acceptors (Lipinski definition) is 1. The molecule has 0 aliphatic carbocycles. The molecule has 34 valence electrons. The van der Waals surface area contributed by atoms with Crippen LogP contribution in [0.4, 0.5) is 0 Å². The van der Waals surface area contributed by atoms with Gasteiger partial charge < -0.3 is 1.43 Å². The van der Waals surface area contributed by atoms with Crippen LogP contribution in [0.5, 0.6) is 0 Å². The van der Waals surface area contributed by atoms with Crippen molar-refractivity contribution in [3.63, 3.8) is 0 Å². The summed E-state index contributed by atoms with van der Waals surface area (Å²) >= 11 is -4.29. The Balaban J connectivity index is -0.0000000800. The summed E-state index contributed by atoms with van der Waals surface area (Å²) in [6, 6.07) is 0. The van der Waals surface area contributed by atoms with Crippen molar-refractivity contribution in [2.45, 2.75) is 0 Å². The minimum absolute atomic E-state index is 0. The van der Waals surface area contributed by atoms with E-state index >= 15 is 0 Å². The third kappa shape index (κ3) is 44.6. The molecular formula is H4AsNaO3S. The van der Waals surface area contributed by atoms with Crippen LogP contribution in [0.3, 0.4) is 0 Å². The predicted octanol–water partition coefficient (Wildman–Crippen LogP) is -4.29. The smallest absolute Gasteiger partial charge is 1.00 e. The molecule has 3 N–H and O–H groups in total. The molecule has 0 heterocycles. The molecule has 0 spiro atoms. The van der Waals surface area contributed by atoms with Gasteiger partial charge in [0.25, 0.3) is 0 Å². The molecule has 0 atom stereocenters. The first-order chi connectivity index (χ1) is 2.00. The average Bonchev–Trinajstić information content (AvgIpc) is 0.722. The molecule has 0 amide bonds. The SMILES string of the molecule is O[As](O)(O)=S.[H-].[Na+]. The van der Waals surface area contributed by atoms with Crippen molar-refractivity contribution in [3.05, 3.63) is 0 Å². The van der Waals surface area contributed by atoms with Crippen molar-refractivity contribution in [2.24, 2.45) is 0 Å². The van der Waals surface area contributed by atoms with Gasteiger partial charge in [0, 0.05) is 0 Å². The maximum atomic E-state index is 7.62. The maximum absolute atomic E-state index is 7.62. The van der Waals surface area contributed by atoms with Crippen LogP contribution < -0.4 is 29.6 Å². The van der Waals surface area contributed by atoms with E-state index in [9.17, 15) is 0 Å². The van der Waals surface area contributed by atoms with Crippen molar-refractivity contribution < 1.29 is 43.3 Å². The van der Waals surface area contributed by atoms with E-state index in [4.69, 9.17) is 12.3 Å². The molecule has 0 aromatic heterocycles. The van der Waals surface area contributed by atoms with Crippen LogP contribution in [-0.2, 0) is 0 Å². The second-order valence-corrected chi connectivity index (χ2v) is 5.21. The summed E-state index contributed by atoms with van der Waals surface area (Å²) in [5.74, 6) is 0. The zero-order chi connectivity index (χ0) is 4.50. The summed E-state index contributed by atoms with van der Waals surface area (Å²) in [4.78, 5) is 0. The second-order valence-electron chi connectivity index (χ2n) is 0.513. The average molecular weight is 182 g/mol. The summed E-state index contributed by atoms with van der Waals surface area (Å²) in [6.07, 6.45) is 0. The molecule has 0 aliphatic heterocycles. The Labute approximate surface area is 66.0 Å². The number of rotatable bonds is 0. The third-order valence-corrected chi connectivity index (χ3v) is 0. The minimum Gasteiger partial charge on any atom is -1.00 e. The zero-order valence-electron chi connectivity index (χ0n) is 4.20. The molecule has 0 aliphatic rings. The molecule has 0 fully saturated rings. The molecule has 3 nitrogen and oxygen atoms in total. The Hall–Kier alpha value is 1.66. The molecule has 0 aromatic carbocycles. The predicted molar refractivity (Wildman–Crippen MR) is 21.1 cm³/mol. The standard InChI is InChI=1S/AsH3O3S.Na.H/c2-1(3,4)5;;/h(H3,2,3,4,5);;/q;+1;-1. The summed E-state index contributed by atoms with van der Waals surface area (Å²) < 4.78 is 22.9. The van der Waals surface area contributed by atoms with Gasteiger partial charge in [-0.25, -0.2) is 0 Å². The Bertz CT molecular complexity index is 61.1. The van der Waals surface area contributed by atoms with E-state index < -0.39 is 12.9 Å². The van der Waals surface area contributed by atoms with Crippen molar-refractivity contribution in [1.29, 1.82) is 0 Å². The van der Waals surface area contributed by atoms with Gasteiger partial charge in [-0.05, 0) is 0 Å². The van der Waals surface area contributed by atoms with E-state index in [-0.39, 0.29) is 31.0 Å². The fourth-order valence-corrected chi connectivity index (χ4v) is 0. The largest absolute Gasteiger partial charge is 1.00 e. The molecule has 0 aromatic rings. The third-order valence-electron chi connectivity index (χ3n) is 0. The molecular weight excluding hydrogens is 178 g/mol.